The molecule has 2 heterocycles. The molecule has 0 aliphatic heterocycles. The number of aryl methyl sites for hydroxylation is 1. The van der Waals surface area contributed by atoms with Crippen molar-refractivity contribution in [3.8, 4) is 0 Å². The summed E-state index contributed by atoms with van der Waals surface area (Å²) < 4.78 is 0. The summed E-state index contributed by atoms with van der Waals surface area (Å²) in [4.78, 5) is 12.2. The number of thiazole rings is 1. The molecule has 0 saturated carbocycles. The summed E-state index contributed by atoms with van der Waals surface area (Å²) in [6, 6.07) is 6.13. The van der Waals surface area contributed by atoms with Gasteiger partial charge in [-0.2, -0.15) is 0 Å². The molecule has 2 aromatic heterocycles. The highest BCUT2D eigenvalue weighted by molar-refractivity contribution is 7.15. The van der Waals surface area contributed by atoms with E-state index >= 15 is 0 Å². The van der Waals surface area contributed by atoms with Crippen LogP contribution >= 0.6 is 11.3 Å². The van der Waals surface area contributed by atoms with E-state index in [2.05, 4.69) is 39.4 Å². The molecule has 0 bridgehead atoms. The van der Waals surface area contributed by atoms with Gasteiger partial charge in [-0.15, -0.1) is 0 Å². The van der Waals surface area contributed by atoms with Gasteiger partial charge < -0.3 is 0 Å². The molecule has 19 heavy (non-hydrogen) atoms. The Kier molecular flexibility index (Phi) is 4.84. The lowest BCUT2D eigenvalue weighted by atomic mass is 10.3. The van der Waals surface area contributed by atoms with E-state index in [9.17, 15) is 0 Å². The molecule has 0 atom stereocenters. The molecule has 0 radical (unpaired) electrons. The number of nitrogens with two attached hydrogens (primary N) is 1. The normalized spacial score (nSPS) is 10.9. The molecule has 5 nitrogen and oxygen atoms in total. The molecule has 2 aromatic rings. The predicted molar refractivity (Wildman–Crippen MR) is 78.7 cm³/mol. The topological polar surface area (TPSA) is 67.1 Å². The molecule has 0 saturated heterocycles. The fourth-order valence-electron chi connectivity index (χ4n) is 1.86. The maximum atomic E-state index is 5.34. The van der Waals surface area contributed by atoms with E-state index in [1.165, 1.54) is 4.88 Å². The predicted octanol–water partition coefficient (Wildman–Crippen LogP) is 2.15. The zero-order chi connectivity index (χ0) is 13.7. The Morgan fingerprint density at radius 1 is 1.37 bits per heavy atom. The van der Waals surface area contributed by atoms with E-state index in [-0.39, 0.29) is 0 Å². The van der Waals surface area contributed by atoms with Gasteiger partial charge in [0.25, 0.3) is 0 Å². The Balaban J connectivity index is 2.00. The molecule has 0 fully saturated rings. The third kappa shape index (κ3) is 3.99. The van der Waals surface area contributed by atoms with Crippen LogP contribution in [0, 0.1) is 6.92 Å². The van der Waals surface area contributed by atoms with Crippen molar-refractivity contribution in [2.45, 2.75) is 26.9 Å². The Morgan fingerprint density at radius 3 is 2.84 bits per heavy atom. The van der Waals surface area contributed by atoms with Crippen LogP contribution in [0.15, 0.2) is 24.4 Å². The van der Waals surface area contributed by atoms with Gasteiger partial charge in [0.2, 0.25) is 0 Å². The van der Waals surface area contributed by atoms with Gasteiger partial charge in [0.05, 0.1) is 5.69 Å². The lowest BCUT2D eigenvalue weighted by Crippen LogP contribution is -2.22. The van der Waals surface area contributed by atoms with Crippen molar-refractivity contribution in [2.75, 3.05) is 12.0 Å². The van der Waals surface area contributed by atoms with Gasteiger partial charge in [-0.25, -0.2) is 10.8 Å². The maximum absolute atomic E-state index is 5.34. The number of aromatic nitrogens is 2. The van der Waals surface area contributed by atoms with Gasteiger partial charge in [0, 0.05) is 29.9 Å². The van der Waals surface area contributed by atoms with Gasteiger partial charge in [0.15, 0.2) is 5.13 Å². The number of anilines is 1. The zero-order valence-corrected chi connectivity index (χ0v) is 12.1. The largest absolute Gasteiger partial charge is 0.300 e. The fourth-order valence-corrected chi connectivity index (χ4v) is 2.63. The van der Waals surface area contributed by atoms with Crippen molar-refractivity contribution in [1.82, 2.24) is 14.9 Å². The molecular formula is C13H19N5S. The van der Waals surface area contributed by atoms with Gasteiger partial charge in [0.1, 0.15) is 0 Å². The quantitative estimate of drug-likeness (QED) is 0.625. The number of hydrogen-bond acceptors (Lipinski definition) is 6. The van der Waals surface area contributed by atoms with Crippen LogP contribution < -0.4 is 11.3 Å². The molecule has 0 aromatic carbocycles. The second-order valence-corrected chi connectivity index (χ2v) is 5.46. The molecule has 0 amide bonds. The molecule has 0 aliphatic rings. The average molecular weight is 277 g/mol. The fraction of sp³-hybridized carbons (Fsp3) is 0.385. The molecule has 102 valence electrons. The summed E-state index contributed by atoms with van der Waals surface area (Å²) in [6.07, 6.45) is 1.87. The SMILES string of the molecule is CCN(Cc1cccc(C)n1)Cc1cnc(NN)s1. The van der Waals surface area contributed by atoms with E-state index in [1.807, 2.05) is 19.2 Å². The van der Waals surface area contributed by atoms with Crippen molar-refractivity contribution < 1.29 is 0 Å². The van der Waals surface area contributed by atoms with E-state index in [0.29, 0.717) is 0 Å². The first-order chi connectivity index (χ1) is 9.21. The van der Waals surface area contributed by atoms with Crippen LogP contribution in [0.5, 0.6) is 0 Å². The van der Waals surface area contributed by atoms with Crippen molar-refractivity contribution in [1.29, 1.82) is 0 Å². The summed E-state index contributed by atoms with van der Waals surface area (Å²) in [6.45, 7) is 6.85. The van der Waals surface area contributed by atoms with Crippen LogP contribution in [0.3, 0.4) is 0 Å². The highest BCUT2D eigenvalue weighted by Gasteiger charge is 2.08. The molecule has 2 rings (SSSR count). The standard InChI is InChI=1S/C13H19N5S/c1-3-18(8-11-6-4-5-10(2)16-11)9-12-7-15-13(17-14)19-12/h4-7H,3,8-9,14H2,1-2H3,(H,15,17). The second-order valence-electron chi connectivity index (χ2n) is 4.35. The van der Waals surface area contributed by atoms with Crippen molar-refractivity contribution in [3.63, 3.8) is 0 Å². The molecular weight excluding hydrogens is 258 g/mol. The highest BCUT2D eigenvalue weighted by atomic mass is 32.1. The first-order valence-corrected chi connectivity index (χ1v) is 7.09. The van der Waals surface area contributed by atoms with Gasteiger partial charge in [-0.1, -0.05) is 24.3 Å². The van der Waals surface area contributed by atoms with Crippen molar-refractivity contribution in [3.05, 3.63) is 40.7 Å². The Hall–Kier alpha value is -1.50. The highest BCUT2D eigenvalue weighted by Crippen LogP contribution is 2.19. The lowest BCUT2D eigenvalue weighted by Gasteiger charge is -2.18. The van der Waals surface area contributed by atoms with E-state index < -0.39 is 0 Å². The van der Waals surface area contributed by atoms with Crippen LogP contribution in [0.25, 0.3) is 0 Å². The summed E-state index contributed by atoms with van der Waals surface area (Å²) in [5.41, 5.74) is 4.73. The zero-order valence-electron chi connectivity index (χ0n) is 11.3. The van der Waals surface area contributed by atoms with Gasteiger partial charge in [-0.3, -0.25) is 15.3 Å². The summed E-state index contributed by atoms with van der Waals surface area (Å²) >= 11 is 1.58. The summed E-state index contributed by atoms with van der Waals surface area (Å²) in [5, 5.41) is 0.750. The van der Waals surface area contributed by atoms with E-state index in [4.69, 9.17) is 5.84 Å². The van der Waals surface area contributed by atoms with Crippen molar-refractivity contribution in [2.24, 2.45) is 5.84 Å². The minimum absolute atomic E-state index is 0.750. The van der Waals surface area contributed by atoms with E-state index in [1.54, 1.807) is 11.3 Å². The van der Waals surface area contributed by atoms with Crippen LogP contribution in [-0.2, 0) is 13.1 Å². The molecule has 0 unspecified atom stereocenters. The van der Waals surface area contributed by atoms with Crippen LogP contribution in [0.1, 0.15) is 23.2 Å². The Bertz CT molecular complexity index is 525. The number of nitrogens with one attached hydrogen (secondary N) is 1. The maximum Gasteiger partial charge on any atom is 0.197 e. The van der Waals surface area contributed by atoms with Gasteiger partial charge >= 0.3 is 0 Å². The molecule has 6 heteroatoms. The average Bonchev–Trinajstić information content (AvgIpc) is 2.85. The van der Waals surface area contributed by atoms with E-state index in [0.717, 1.165) is 36.2 Å². The second kappa shape index (κ2) is 6.60. The number of rotatable bonds is 6. The van der Waals surface area contributed by atoms with Gasteiger partial charge in [-0.05, 0) is 25.6 Å². The Morgan fingerprint density at radius 2 is 2.21 bits per heavy atom. The third-order valence-corrected chi connectivity index (χ3v) is 3.75. The number of nitrogen functional groups attached to an aromatic ring is 1. The minimum atomic E-state index is 0.750. The first kappa shape index (κ1) is 13.9. The minimum Gasteiger partial charge on any atom is -0.300 e. The van der Waals surface area contributed by atoms with Crippen LogP contribution in [-0.4, -0.2) is 21.4 Å². The molecule has 0 spiro atoms. The Labute approximate surface area is 117 Å². The summed E-state index contributed by atoms with van der Waals surface area (Å²) in [5.74, 6) is 5.34. The van der Waals surface area contributed by atoms with Crippen LogP contribution in [0.2, 0.25) is 0 Å². The smallest absolute Gasteiger partial charge is 0.197 e. The molecule has 0 aliphatic carbocycles. The first-order valence-electron chi connectivity index (χ1n) is 6.27. The van der Waals surface area contributed by atoms with Crippen molar-refractivity contribution >= 4 is 16.5 Å². The number of nitrogens with zero attached hydrogens (tertiary/aromatic N) is 3. The monoisotopic (exact) mass is 277 g/mol. The summed E-state index contributed by atoms with van der Waals surface area (Å²) in [7, 11) is 0. The molecule has 3 N–H and O–H groups in total. The number of hydrogen-bond donors (Lipinski definition) is 2. The lowest BCUT2D eigenvalue weighted by molar-refractivity contribution is 0.270. The number of pyridine rings is 1. The third-order valence-electron chi connectivity index (χ3n) is 2.84. The number of hydrazine groups is 1. The van der Waals surface area contributed by atoms with Crippen LogP contribution in [0.4, 0.5) is 5.13 Å².